The quantitative estimate of drug-likeness (QED) is 0.489. The molecule has 2 bridgehead atoms. The number of benzene rings is 1. The summed E-state index contributed by atoms with van der Waals surface area (Å²) in [7, 11) is 0. The number of aromatic nitrogens is 2. The van der Waals surface area contributed by atoms with E-state index < -0.39 is 6.04 Å². The van der Waals surface area contributed by atoms with Crippen LogP contribution in [0.25, 0.3) is 11.4 Å². The second kappa shape index (κ2) is 13.3. The van der Waals surface area contributed by atoms with E-state index >= 15 is 0 Å². The van der Waals surface area contributed by atoms with E-state index in [2.05, 4.69) is 21.0 Å². The number of hydrogen-bond acceptors (Lipinski definition) is 6. The summed E-state index contributed by atoms with van der Waals surface area (Å²) in [5.41, 5.74) is 3.31. The molecule has 0 radical (unpaired) electrons. The molecule has 10 heteroatoms. The number of carbonyl (C=O) groups is 3. The third-order valence-electron chi connectivity index (χ3n) is 7.58. The SMILES string of the molecule is CC(C)C[C@H]1NC(=O)CN(C(=O)c2scc3c2CCCC3)CCCOc2cccc(c2)-c2nccn2CCNC1=O. The Bertz CT molecular complexity index is 1380. The Hall–Kier alpha value is -3.66. The first-order valence-electron chi connectivity index (χ1n) is 14.6. The third kappa shape index (κ3) is 7.16. The fourth-order valence-corrected chi connectivity index (χ4v) is 6.68. The maximum Gasteiger partial charge on any atom is 0.264 e. The number of thiophene rings is 1. The molecule has 2 aliphatic rings. The van der Waals surface area contributed by atoms with E-state index in [0.717, 1.165) is 47.5 Å². The van der Waals surface area contributed by atoms with Crippen LogP contribution in [-0.2, 0) is 29.0 Å². The molecule has 1 aliphatic carbocycles. The van der Waals surface area contributed by atoms with Crippen LogP contribution in [0.3, 0.4) is 0 Å². The van der Waals surface area contributed by atoms with Crippen molar-refractivity contribution in [2.24, 2.45) is 5.92 Å². The van der Waals surface area contributed by atoms with Gasteiger partial charge in [0.25, 0.3) is 5.91 Å². The van der Waals surface area contributed by atoms with Crippen molar-refractivity contribution in [3.63, 3.8) is 0 Å². The van der Waals surface area contributed by atoms with Gasteiger partial charge in [0.2, 0.25) is 11.8 Å². The molecule has 0 unspecified atom stereocenters. The van der Waals surface area contributed by atoms with Crippen molar-refractivity contribution in [3.05, 3.63) is 58.0 Å². The van der Waals surface area contributed by atoms with Crippen molar-refractivity contribution in [3.8, 4) is 17.1 Å². The molecular weight excluding hydrogens is 538 g/mol. The first-order chi connectivity index (χ1) is 19.9. The van der Waals surface area contributed by atoms with Crippen LogP contribution in [-0.4, -0.2) is 64.5 Å². The Balaban J connectivity index is 1.39. The number of hydrogen-bond donors (Lipinski definition) is 2. The molecule has 1 aliphatic heterocycles. The van der Waals surface area contributed by atoms with Crippen LogP contribution in [0, 0.1) is 5.92 Å². The molecule has 2 aromatic heterocycles. The van der Waals surface area contributed by atoms with Crippen LogP contribution in [0.5, 0.6) is 5.75 Å². The van der Waals surface area contributed by atoms with Gasteiger partial charge in [0.1, 0.15) is 17.6 Å². The number of amides is 3. The van der Waals surface area contributed by atoms with Crippen molar-refractivity contribution in [2.75, 3.05) is 26.2 Å². The predicted molar refractivity (Wildman–Crippen MR) is 159 cm³/mol. The summed E-state index contributed by atoms with van der Waals surface area (Å²) in [6.07, 6.45) is 8.80. The van der Waals surface area contributed by atoms with Gasteiger partial charge in [0, 0.05) is 37.6 Å². The van der Waals surface area contributed by atoms with Crippen LogP contribution in [0.2, 0.25) is 0 Å². The molecule has 5 rings (SSSR count). The molecule has 2 N–H and O–H groups in total. The Kier molecular flexibility index (Phi) is 9.38. The number of nitrogens with one attached hydrogen (secondary N) is 2. The van der Waals surface area contributed by atoms with Gasteiger partial charge in [0.15, 0.2) is 0 Å². The summed E-state index contributed by atoms with van der Waals surface area (Å²) in [5, 5.41) is 8.00. The van der Waals surface area contributed by atoms with E-state index in [1.165, 1.54) is 16.9 Å². The van der Waals surface area contributed by atoms with Crippen LogP contribution in [0.4, 0.5) is 0 Å². The highest BCUT2D eigenvalue weighted by Gasteiger charge is 2.28. The van der Waals surface area contributed by atoms with E-state index in [-0.39, 0.29) is 30.2 Å². The van der Waals surface area contributed by atoms with Gasteiger partial charge in [-0.05, 0) is 73.1 Å². The molecule has 3 amide bonds. The zero-order valence-corrected chi connectivity index (χ0v) is 24.7. The van der Waals surface area contributed by atoms with E-state index in [9.17, 15) is 14.4 Å². The van der Waals surface area contributed by atoms with Gasteiger partial charge in [-0.25, -0.2) is 4.98 Å². The van der Waals surface area contributed by atoms with Gasteiger partial charge in [-0.3, -0.25) is 14.4 Å². The van der Waals surface area contributed by atoms with Crippen molar-refractivity contribution >= 4 is 29.1 Å². The Morgan fingerprint density at radius 2 is 2.02 bits per heavy atom. The van der Waals surface area contributed by atoms with Crippen LogP contribution < -0.4 is 15.4 Å². The molecule has 0 spiro atoms. The monoisotopic (exact) mass is 577 g/mol. The third-order valence-corrected chi connectivity index (χ3v) is 8.64. The molecule has 3 heterocycles. The maximum atomic E-state index is 13.8. The number of nitrogens with zero attached hydrogens (tertiary/aromatic N) is 3. The molecule has 1 atom stereocenters. The van der Waals surface area contributed by atoms with Crippen LogP contribution in [0.1, 0.15) is 60.3 Å². The lowest BCUT2D eigenvalue weighted by molar-refractivity contribution is -0.129. The molecule has 0 saturated heterocycles. The largest absolute Gasteiger partial charge is 0.494 e. The minimum absolute atomic E-state index is 0.110. The Morgan fingerprint density at radius 1 is 1.17 bits per heavy atom. The minimum atomic E-state index is -0.685. The Morgan fingerprint density at radius 3 is 2.88 bits per heavy atom. The van der Waals surface area contributed by atoms with Crippen LogP contribution >= 0.6 is 11.3 Å². The summed E-state index contributed by atoms with van der Waals surface area (Å²) in [6, 6.07) is 7.08. The molecule has 9 nitrogen and oxygen atoms in total. The fraction of sp³-hybridized carbons (Fsp3) is 0.484. The predicted octanol–water partition coefficient (Wildman–Crippen LogP) is 4.06. The number of carbonyl (C=O) groups excluding carboxylic acids is 3. The molecule has 3 aromatic rings. The van der Waals surface area contributed by atoms with E-state index in [0.29, 0.717) is 44.8 Å². The summed E-state index contributed by atoms with van der Waals surface area (Å²) in [4.78, 5) is 47.2. The van der Waals surface area contributed by atoms with Crippen molar-refractivity contribution in [1.82, 2.24) is 25.1 Å². The number of rotatable bonds is 3. The van der Waals surface area contributed by atoms with Gasteiger partial charge >= 0.3 is 0 Å². The zero-order valence-electron chi connectivity index (χ0n) is 23.9. The maximum absolute atomic E-state index is 13.8. The van der Waals surface area contributed by atoms with Gasteiger partial charge in [0.05, 0.1) is 18.0 Å². The smallest absolute Gasteiger partial charge is 0.264 e. The van der Waals surface area contributed by atoms with Crippen molar-refractivity contribution in [2.45, 2.75) is 65.0 Å². The lowest BCUT2D eigenvalue weighted by Gasteiger charge is -2.25. The minimum Gasteiger partial charge on any atom is -0.494 e. The fourth-order valence-electron chi connectivity index (χ4n) is 5.55. The number of aryl methyl sites for hydroxylation is 1. The number of fused-ring (bicyclic) bond motifs is 5. The Labute approximate surface area is 245 Å². The summed E-state index contributed by atoms with van der Waals surface area (Å²) >= 11 is 1.48. The molecule has 0 fully saturated rings. The highest BCUT2D eigenvalue weighted by atomic mass is 32.1. The van der Waals surface area contributed by atoms with Crippen molar-refractivity contribution in [1.29, 1.82) is 0 Å². The average molecular weight is 578 g/mol. The average Bonchev–Trinajstić information content (AvgIpc) is 3.61. The van der Waals surface area contributed by atoms with Crippen LogP contribution in [0.15, 0.2) is 42.0 Å². The number of ether oxygens (including phenoxy) is 1. The highest BCUT2D eigenvalue weighted by molar-refractivity contribution is 7.12. The zero-order chi connectivity index (χ0) is 28.8. The normalized spacial score (nSPS) is 18.8. The van der Waals surface area contributed by atoms with E-state index in [1.54, 1.807) is 11.1 Å². The van der Waals surface area contributed by atoms with Gasteiger partial charge in [-0.2, -0.15) is 0 Å². The van der Waals surface area contributed by atoms with Crippen molar-refractivity contribution < 1.29 is 19.1 Å². The van der Waals surface area contributed by atoms with Gasteiger partial charge < -0.3 is 24.8 Å². The highest BCUT2D eigenvalue weighted by Crippen LogP contribution is 2.31. The van der Waals surface area contributed by atoms with Gasteiger partial charge in [-0.1, -0.05) is 26.0 Å². The second-order valence-electron chi connectivity index (χ2n) is 11.2. The standard InChI is InChI=1S/C31H39N5O4S/c1-21(2)17-26-30(38)33-12-15-35-14-11-32-29(35)22-8-5-9-24(18-22)40-16-6-13-36(19-27(37)34-26)31(39)28-25-10-4-3-7-23(25)20-41-28/h5,8-9,11,14,18,20-21,26H,3-4,6-7,10,12-13,15-17,19H2,1-2H3,(H,33,38)(H,34,37)/t26-/m1/s1. The van der Waals surface area contributed by atoms with E-state index in [1.807, 2.05) is 48.9 Å². The molecular formula is C31H39N5O4S. The lowest BCUT2D eigenvalue weighted by atomic mass is 9.93. The first kappa shape index (κ1) is 28.9. The number of imidazole rings is 1. The van der Waals surface area contributed by atoms with Gasteiger partial charge in [-0.15, -0.1) is 11.3 Å². The lowest BCUT2D eigenvalue weighted by Crippen LogP contribution is -2.51. The molecule has 218 valence electrons. The molecule has 1 aromatic carbocycles. The summed E-state index contributed by atoms with van der Waals surface area (Å²) in [6.45, 7) is 5.60. The van der Waals surface area contributed by atoms with E-state index in [4.69, 9.17) is 4.74 Å². The topological polar surface area (TPSA) is 106 Å². The summed E-state index contributed by atoms with van der Waals surface area (Å²) < 4.78 is 8.06. The molecule has 0 saturated carbocycles. The molecule has 41 heavy (non-hydrogen) atoms. The first-order valence-corrected chi connectivity index (χ1v) is 15.5. The second-order valence-corrected chi connectivity index (χ2v) is 12.1. The summed E-state index contributed by atoms with van der Waals surface area (Å²) in [5.74, 6) is 1.01.